The summed E-state index contributed by atoms with van der Waals surface area (Å²) in [5.74, 6) is 0.938. The summed E-state index contributed by atoms with van der Waals surface area (Å²) in [4.78, 5) is 14.8. The molecule has 1 aliphatic rings. The van der Waals surface area contributed by atoms with Crippen molar-refractivity contribution in [3.05, 3.63) is 23.3 Å². The molecule has 2 rings (SSSR count). The van der Waals surface area contributed by atoms with Crippen LogP contribution >= 0.6 is 0 Å². The summed E-state index contributed by atoms with van der Waals surface area (Å²) in [6.07, 6.45) is 2.47. The SMILES string of the molecule is CCCc1cc(C2=N[C@@H](C=O)CO2)cc(O)c1OC. The fourth-order valence-corrected chi connectivity index (χ4v) is 2.10. The number of hydrogen-bond donors (Lipinski definition) is 1. The van der Waals surface area contributed by atoms with Crippen LogP contribution in [0.2, 0.25) is 0 Å². The van der Waals surface area contributed by atoms with Crippen molar-refractivity contribution < 1.29 is 19.4 Å². The van der Waals surface area contributed by atoms with Gasteiger partial charge in [-0.15, -0.1) is 0 Å². The minimum absolute atomic E-state index is 0.0595. The van der Waals surface area contributed by atoms with E-state index in [9.17, 15) is 9.90 Å². The molecular formula is C14H17NO4. The Balaban J connectivity index is 2.39. The fourth-order valence-electron chi connectivity index (χ4n) is 2.10. The molecule has 1 N–H and O–H groups in total. The summed E-state index contributed by atoms with van der Waals surface area (Å²) in [5, 5.41) is 9.98. The zero-order valence-corrected chi connectivity index (χ0v) is 11.0. The molecule has 0 saturated heterocycles. The number of hydrogen-bond acceptors (Lipinski definition) is 5. The fraction of sp³-hybridized carbons (Fsp3) is 0.429. The van der Waals surface area contributed by atoms with E-state index in [4.69, 9.17) is 9.47 Å². The van der Waals surface area contributed by atoms with Gasteiger partial charge < -0.3 is 19.4 Å². The molecule has 0 aliphatic carbocycles. The lowest BCUT2D eigenvalue weighted by atomic mass is 10.0. The van der Waals surface area contributed by atoms with Crippen LogP contribution in [0, 0.1) is 0 Å². The molecule has 102 valence electrons. The van der Waals surface area contributed by atoms with Crippen molar-refractivity contribution in [1.29, 1.82) is 0 Å². The number of methoxy groups -OCH3 is 1. The van der Waals surface area contributed by atoms with Gasteiger partial charge in [-0.2, -0.15) is 0 Å². The van der Waals surface area contributed by atoms with Crippen LogP contribution in [0.5, 0.6) is 11.5 Å². The standard InChI is InChI=1S/C14H17NO4/c1-3-4-9-5-10(6-12(17)13(9)18-2)14-15-11(7-16)8-19-14/h5-7,11,17H,3-4,8H2,1-2H3/t11-/m0/s1. The maximum atomic E-state index is 10.7. The average molecular weight is 263 g/mol. The second-order valence-electron chi connectivity index (χ2n) is 4.39. The third kappa shape index (κ3) is 2.70. The van der Waals surface area contributed by atoms with Gasteiger partial charge in [-0.25, -0.2) is 4.99 Å². The van der Waals surface area contributed by atoms with E-state index in [-0.39, 0.29) is 12.4 Å². The topological polar surface area (TPSA) is 68.1 Å². The molecule has 5 heteroatoms. The molecule has 0 radical (unpaired) electrons. The largest absolute Gasteiger partial charge is 0.504 e. The molecule has 1 heterocycles. The Morgan fingerprint density at radius 3 is 2.95 bits per heavy atom. The highest BCUT2D eigenvalue weighted by Gasteiger charge is 2.21. The highest BCUT2D eigenvalue weighted by Crippen LogP contribution is 2.33. The van der Waals surface area contributed by atoms with Gasteiger partial charge in [-0.1, -0.05) is 13.3 Å². The molecule has 1 aliphatic heterocycles. The van der Waals surface area contributed by atoms with Crippen molar-refractivity contribution in [2.24, 2.45) is 4.99 Å². The predicted octanol–water partition coefficient (Wildman–Crippen LogP) is 1.70. The van der Waals surface area contributed by atoms with Crippen molar-refractivity contribution >= 4 is 12.2 Å². The van der Waals surface area contributed by atoms with Gasteiger partial charge >= 0.3 is 0 Å². The van der Waals surface area contributed by atoms with Crippen molar-refractivity contribution in [2.75, 3.05) is 13.7 Å². The van der Waals surface area contributed by atoms with Crippen LogP contribution in [0.1, 0.15) is 24.5 Å². The molecule has 1 aromatic rings. The molecule has 19 heavy (non-hydrogen) atoms. The molecule has 0 unspecified atom stereocenters. The first-order valence-corrected chi connectivity index (χ1v) is 6.25. The summed E-state index contributed by atoms with van der Waals surface area (Å²) in [6, 6.07) is 2.98. The lowest BCUT2D eigenvalue weighted by Crippen LogP contribution is -2.06. The number of nitrogens with zero attached hydrogens (tertiary/aromatic N) is 1. The third-order valence-electron chi connectivity index (χ3n) is 2.95. The minimum atomic E-state index is -0.450. The van der Waals surface area contributed by atoms with E-state index < -0.39 is 6.04 Å². The molecule has 0 amide bonds. The first-order chi connectivity index (χ1) is 9.19. The van der Waals surface area contributed by atoms with Gasteiger partial charge in [-0.05, 0) is 24.1 Å². The van der Waals surface area contributed by atoms with Crippen LogP contribution < -0.4 is 4.74 Å². The van der Waals surface area contributed by atoms with Gasteiger partial charge in [0.05, 0.1) is 7.11 Å². The number of carbonyl (C=O) groups is 1. The molecule has 0 fully saturated rings. The van der Waals surface area contributed by atoms with Crippen molar-refractivity contribution in [3.63, 3.8) is 0 Å². The monoisotopic (exact) mass is 263 g/mol. The summed E-state index contributed by atoms with van der Waals surface area (Å²) in [6.45, 7) is 2.31. The molecule has 1 aromatic carbocycles. The highest BCUT2D eigenvalue weighted by atomic mass is 16.5. The minimum Gasteiger partial charge on any atom is -0.504 e. The molecule has 0 saturated carbocycles. The number of rotatable bonds is 5. The Morgan fingerprint density at radius 1 is 1.58 bits per heavy atom. The molecule has 0 spiro atoms. The van der Waals surface area contributed by atoms with Crippen LogP contribution in [0.15, 0.2) is 17.1 Å². The number of aliphatic imine (C=N–C) groups is 1. The Labute approximate surface area is 111 Å². The Bertz CT molecular complexity index is 510. The van der Waals surface area contributed by atoms with Gasteiger partial charge in [0.2, 0.25) is 5.90 Å². The quantitative estimate of drug-likeness (QED) is 0.821. The summed E-state index contributed by atoms with van der Waals surface area (Å²) in [5.41, 5.74) is 1.58. The number of aromatic hydroxyl groups is 1. The van der Waals surface area contributed by atoms with Gasteiger partial charge in [0.1, 0.15) is 18.9 Å². The maximum Gasteiger partial charge on any atom is 0.217 e. The number of phenolic OH excluding ortho intramolecular Hbond substituents is 1. The lowest BCUT2D eigenvalue weighted by molar-refractivity contribution is -0.109. The summed E-state index contributed by atoms with van der Waals surface area (Å²) in [7, 11) is 1.53. The van der Waals surface area contributed by atoms with Crippen LogP contribution in [0.4, 0.5) is 0 Å². The summed E-state index contributed by atoms with van der Waals surface area (Å²) >= 11 is 0. The normalized spacial score (nSPS) is 17.8. The Kier molecular flexibility index (Phi) is 4.04. The lowest BCUT2D eigenvalue weighted by Gasteiger charge is -2.12. The predicted molar refractivity (Wildman–Crippen MR) is 71.0 cm³/mol. The Hall–Kier alpha value is -2.04. The van der Waals surface area contributed by atoms with E-state index in [2.05, 4.69) is 11.9 Å². The number of phenols is 1. The van der Waals surface area contributed by atoms with Crippen LogP contribution in [-0.4, -0.2) is 37.0 Å². The van der Waals surface area contributed by atoms with Crippen molar-refractivity contribution in [2.45, 2.75) is 25.8 Å². The first-order valence-electron chi connectivity index (χ1n) is 6.25. The number of ether oxygens (including phenoxy) is 2. The number of aryl methyl sites for hydroxylation is 1. The van der Waals surface area contributed by atoms with Crippen molar-refractivity contribution in [3.8, 4) is 11.5 Å². The highest BCUT2D eigenvalue weighted by molar-refractivity contribution is 5.97. The van der Waals surface area contributed by atoms with E-state index in [0.717, 1.165) is 24.7 Å². The van der Waals surface area contributed by atoms with Crippen LogP contribution in [0.3, 0.4) is 0 Å². The smallest absolute Gasteiger partial charge is 0.217 e. The third-order valence-corrected chi connectivity index (χ3v) is 2.95. The van der Waals surface area contributed by atoms with E-state index in [1.807, 2.05) is 6.07 Å². The number of benzene rings is 1. The van der Waals surface area contributed by atoms with E-state index in [1.165, 1.54) is 7.11 Å². The first kappa shape index (κ1) is 13.4. The van der Waals surface area contributed by atoms with Gasteiger partial charge in [0, 0.05) is 5.56 Å². The molecule has 0 bridgehead atoms. The summed E-state index contributed by atoms with van der Waals surface area (Å²) < 4.78 is 10.6. The van der Waals surface area contributed by atoms with Gasteiger partial charge in [0.25, 0.3) is 0 Å². The Morgan fingerprint density at radius 2 is 2.37 bits per heavy atom. The van der Waals surface area contributed by atoms with Crippen LogP contribution in [0.25, 0.3) is 0 Å². The average Bonchev–Trinajstić information content (AvgIpc) is 2.87. The molecule has 0 aromatic heterocycles. The van der Waals surface area contributed by atoms with Crippen LogP contribution in [-0.2, 0) is 16.0 Å². The van der Waals surface area contributed by atoms with E-state index in [0.29, 0.717) is 17.2 Å². The molecular weight excluding hydrogens is 246 g/mol. The van der Waals surface area contributed by atoms with Crippen molar-refractivity contribution in [1.82, 2.24) is 0 Å². The number of aldehydes is 1. The van der Waals surface area contributed by atoms with Gasteiger partial charge in [-0.3, -0.25) is 0 Å². The number of carbonyl (C=O) groups excluding carboxylic acids is 1. The van der Waals surface area contributed by atoms with E-state index >= 15 is 0 Å². The maximum absolute atomic E-state index is 10.7. The zero-order chi connectivity index (χ0) is 13.8. The molecule has 5 nitrogen and oxygen atoms in total. The van der Waals surface area contributed by atoms with Gasteiger partial charge in [0.15, 0.2) is 11.5 Å². The second kappa shape index (κ2) is 5.73. The van der Waals surface area contributed by atoms with E-state index in [1.54, 1.807) is 6.07 Å². The zero-order valence-electron chi connectivity index (χ0n) is 11.0. The molecule has 1 atom stereocenters. The second-order valence-corrected chi connectivity index (χ2v) is 4.39.